The number of halogens is 2. The fraction of sp³-hybridized carbons (Fsp3) is 0.294. The van der Waals surface area contributed by atoms with Gasteiger partial charge < -0.3 is 10.5 Å². The molecule has 0 amide bonds. The van der Waals surface area contributed by atoms with Gasteiger partial charge in [-0.25, -0.2) is 4.39 Å². The van der Waals surface area contributed by atoms with E-state index in [2.05, 4.69) is 22.0 Å². The minimum atomic E-state index is -0.254. The van der Waals surface area contributed by atoms with Gasteiger partial charge in [-0.3, -0.25) is 0 Å². The molecule has 2 aromatic rings. The van der Waals surface area contributed by atoms with Gasteiger partial charge in [0.2, 0.25) is 0 Å². The molecule has 0 fully saturated rings. The highest BCUT2D eigenvalue weighted by Gasteiger charge is 2.35. The molecule has 0 spiro atoms. The highest BCUT2D eigenvalue weighted by Crippen LogP contribution is 2.37. The third-order valence-corrected chi connectivity index (χ3v) is 4.57. The minimum Gasteiger partial charge on any atom is -0.493 e. The Morgan fingerprint density at radius 1 is 1.24 bits per heavy atom. The smallest absolute Gasteiger partial charge is 0.126 e. The average molecular weight is 350 g/mol. The number of benzene rings is 2. The zero-order valence-corrected chi connectivity index (χ0v) is 13.2. The van der Waals surface area contributed by atoms with Gasteiger partial charge in [-0.2, -0.15) is 0 Å². The van der Waals surface area contributed by atoms with Gasteiger partial charge in [-0.1, -0.05) is 34.1 Å². The van der Waals surface area contributed by atoms with Crippen molar-refractivity contribution in [2.24, 2.45) is 11.1 Å². The number of nitrogens with two attached hydrogens (primary N) is 1. The molecule has 1 heterocycles. The molecule has 1 aliphatic rings. The zero-order chi connectivity index (χ0) is 14.9. The third-order valence-electron chi connectivity index (χ3n) is 4.08. The number of fused-ring (bicyclic) bond motifs is 1. The summed E-state index contributed by atoms with van der Waals surface area (Å²) in [5.74, 6) is 0.723. The summed E-state index contributed by atoms with van der Waals surface area (Å²) in [5.41, 5.74) is 7.58. The second-order valence-electron chi connectivity index (χ2n) is 5.69. The normalized spacial score (nSPS) is 20.7. The van der Waals surface area contributed by atoms with Crippen molar-refractivity contribution in [2.75, 3.05) is 13.2 Å². The van der Waals surface area contributed by atoms with E-state index >= 15 is 0 Å². The standard InChI is InChI=1S/C17H17BrFNO/c18-14-5-6-15(19)13(7-14)9-17(10-20)8-12-3-1-2-4-16(12)21-11-17/h1-7H,8-11,20H2. The molecule has 0 bridgehead atoms. The van der Waals surface area contributed by atoms with Gasteiger partial charge in [-0.15, -0.1) is 0 Å². The summed E-state index contributed by atoms with van der Waals surface area (Å²) < 4.78 is 20.8. The summed E-state index contributed by atoms with van der Waals surface area (Å²) in [6, 6.07) is 13.0. The van der Waals surface area contributed by atoms with Crippen LogP contribution in [-0.4, -0.2) is 13.2 Å². The molecule has 4 heteroatoms. The molecule has 0 radical (unpaired) electrons. The van der Waals surface area contributed by atoms with Crippen LogP contribution in [0.1, 0.15) is 11.1 Å². The van der Waals surface area contributed by atoms with Crippen LogP contribution < -0.4 is 10.5 Å². The molecule has 110 valence electrons. The predicted octanol–water partition coefficient (Wildman–Crippen LogP) is 3.71. The summed E-state index contributed by atoms with van der Waals surface area (Å²) >= 11 is 3.40. The molecule has 1 atom stereocenters. The minimum absolute atomic E-state index is 0.190. The summed E-state index contributed by atoms with van der Waals surface area (Å²) in [4.78, 5) is 0. The number of hydrogen-bond donors (Lipinski definition) is 1. The van der Waals surface area contributed by atoms with Gasteiger partial charge in [0.05, 0.1) is 6.61 Å². The van der Waals surface area contributed by atoms with Crippen LogP contribution in [0.4, 0.5) is 4.39 Å². The number of para-hydroxylation sites is 1. The first-order chi connectivity index (χ1) is 10.1. The predicted molar refractivity (Wildman–Crippen MR) is 84.9 cm³/mol. The van der Waals surface area contributed by atoms with Crippen LogP contribution in [0.15, 0.2) is 46.9 Å². The zero-order valence-electron chi connectivity index (χ0n) is 11.6. The maximum Gasteiger partial charge on any atom is 0.126 e. The lowest BCUT2D eigenvalue weighted by molar-refractivity contribution is 0.125. The third kappa shape index (κ3) is 2.97. The van der Waals surface area contributed by atoms with E-state index in [-0.39, 0.29) is 11.2 Å². The maximum absolute atomic E-state index is 14.0. The Hall–Kier alpha value is -1.39. The second kappa shape index (κ2) is 5.78. The van der Waals surface area contributed by atoms with Crippen molar-refractivity contribution < 1.29 is 9.13 Å². The molecule has 0 aromatic heterocycles. The van der Waals surface area contributed by atoms with Crippen molar-refractivity contribution >= 4 is 15.9 Å². The first kappa shape index (κ1) is 14.5. The lowest BCUT2D eigenvalue weighted by Gasteiger charge is -2.37. The van der Waals surface area contributed by atoms with E-state index in [4.69, 9.17) is 10.5 Å². The fourth-order valence-electron chi connectivity index (χ4n) is 2.88. The van der Waals surface area contributed by atoms with Gasteiger partial charge in [-0.05, 0) is 48.2 Å². The lowest BCUT2D eigenvalue weighted by atomic mass is 9.75. The molecular weight excluding hydrogens is 333 g/mol. The average Bonchev–Trinajstić information content (AvgIpc) is 2.51. The highest BCUT2D eigenvalue weighted by atomic mass is 79.9. The largest absolute Gasteiger partial charge is 0.493 e. The Balaban J connectivity index is 1.90. The number of rotatable bonds is 3. The van der Waals surface area contributed by atoms with Crippen LogP contribution in [-0.2, 0) is 12.8 Å². The van der Waals surface area contributed by atoms with Crippen LogP contribution in [0.5, 0.6) is 5.75 Å². The van der Waals surface area contributed by atoms with Crippen LogP contribution in [0.25, 0.3) is 0 Å². The van der Waals surface area contributed by atoms with E-state index in [1.54, 1.807) is 6.07 Å². The quantitative estimate of drug-likeness (QED) is 0.916. The molecule has 0 saturated heterocycles. The second-order valence-corrected chi connectivity index (χ2v) is 6.61. The van der Waals surface area contributed by atoms with Crippen molar-refractivity contribution in [3.05, 3.63) is 63.9 Å². The number of ether oxygens (including phenoxy) is 1. The maximum atomic E-state index is 14.0. The molecule has 2 nitrogen and oxygen atoms in total. The van der Waals surface area contributed by atoms with E-state index < -0.39 is 0 Å². The summed E-state index contributed by atoms with van der Waals surface area (Å²) in [7, 11) is 0. The topological polar surface area (TPSA) is 35.2 Å². The SMILES string of the molecule is NCC1(Cc2cc(Br)ccc2F)COc2ccccc2C1. The van der Waals surface area contributed by atoms with Crippen molar-refractivity contribution in [1.82, 2.24) is 0 Å². The molecule has 0 aliphatic carbocycles. The Kier molecular flexibility index (Phi) is 4.00. The van der Waals surface area contributed by atoms with Crippen LogP contribution in [0, 0.1) is 11.2 Å². The molecule has 2 N–H and O–H groups in total. The van der Waals surface area contributed by atoms with E-state index in [0.717, 1.165) is 22.2 Å². The monoisotopic (exact) mass is 349 g/mol. The lowest BCUT2D eigenvalue weighted by Crippen LogP contribution is -2.43. The van der Waals surface area contributed by atoms with Gasteiger partial charge in [0.15, 0.2) is 0 Å². The Bertz CT molecular complexity index is 661. The van der Waals surface area contributed by atoms with Crippen molar-refractivity contribution in [3.63, 3.8) is 0 Å². The van der Waals surface area contributed by atoms with Gasteiger partial charge in [0.1, 0.15) is 11.6 Å². The van der Waals surface area contributed by atoms with Crippen LogP contribution >= 0.6 is 15.9 Å². The van der Waals surface area contributed by atoms with Gasteiger partial charge in [0.25, 0.3) is 0 Å². The molecular formula is C17H17BrFNO. The summed E-state index contributed by atoms with van der Waals surface area (Å²) in [6.07, 6.45) is 1.38. The Morgan fingerprint density at radius 2 is 2.05 bits per heavy atom. The van der Waals surface area contributed by atoms with Crippen LogP contribution in [0.3, 0.4) is 0 Å². The van der Waals surface area contributed by atoms with Crippen molar-refractivity contribution in [1.29, 1.82) is 0 Å². The van der Waals surface area contributed by atoms with Crippen molar-refractivity contribution in [2.45, 2.75) is 12.8 Å². The first-order valence-electron chi connectivity index (χ1n) is 6.97. The van der Waals surface area contributed by atoms with E-state index in [1.807, 2.05) is 24.3 Å². The number of hydrogen-bond acceptors (Lipinski definition) is 2. The highest BCUT2D eigenvalue weighted by molar-refractivity contribution is 9.10. The van der Waals surface area contributed by atoms with Crippen molar-refractivity contribution in [3.8, 4) is 5.75 Å². The molecule has 2 aromatic carbocycles. The molecule has 3 rings (SSSR count). The van der Waals surface area contributed by atoms with E-state index in [1.165, 1.54) is 6.07 Å². The summed E-state index contributed by atoms with van der Waals surface area (Å²) in [6.45, 7) is 0.986. The van der Waals surface area contributed by atoms with Crippen LogP contribution in [0.2, 0.25) is 0 Å². The molecule has 1 aliphatic heterocycles. The van der Waals surface area contributed by atoms with E-state index in [0.29, 0.717) is 25.1 Å². The van der Waals surface area contributed by atoms with Gasteiger partial charge >= 0.3 is 0 Å². The van der Waals surface area contributed by atoms with E-state index in [9.17, 15) is 4.39 Å². The fourth-order valence-corrected chi connectivity index (χ4v) is 3.28. The first-order valence-corrected chi connectivity index (χ1v) is 7.76. The molecule has 1 unspecified atom stereocenters. The summed E-state index contributed by atoms with van der Waals surface area (Å²) in [5, 5.41) is 0. The molecule has 21 heavy (non-hydrogen) atoms. The van der Waals surface area contributed by atoms with Gasteiger partial charge in [0, 0.05) is 16.4 Å². The Morgan fingerprint density at radius 3 is 2.86 bits per heavy atom. The Labute approximate surface area is 132 Å². The molecule has 0 saturated carbocycles.